The Labute approximate surface area is 120 Å². The van der Waals surface area contributed by atoms with Crippen LogP contribution in [-0.4, -0.2) is 15.8 Å². The Morgan fingerprint density at radius 2 is 2.10 bits per heavy atom. The number of H-pyrrole nitrogens is 1. The summed E-state index contributed by atoms with van der Waals surface area (Å²) >= 11 is 1.49. The van der Waals surface area contributed by atoms with Gasteiger partial charge in [-0.25, -0.2) is 4.98 Å². The molecule has 0 radical (unpaired) electrons. The molecule has 0 atom stereocenters. The third kappa shape index (κ3) is 2.28. The first-order valence-corrected chi connectivity index (χ1v) is 7.02. The molecule has 0 amide bonds. The third-order valence-electron chi connectivity index (χ3n) is 3.11. The van der Waals surface area contributed by atoms with Gasteiger partial charge in [-0.3, -0.25) is 5.41 Å². The molecule has 20 heavy (non-hydrogen) atoms. The molecule has 0 bridgehead atoms. The fraction of sp³-hybridized carbons (Fsp3) is 0.0667. The van der Waals surface area contributed by atoms with Crippen LogP contribution in [0, 0.1) is 12.3 Å². The molecule has 4 nitrogen and oxygen atoms in total. The minimum atomic E-state index is 0.0502. The summed E-state index contributed by atoms with van der Waals surface area (Å²) in [6, 6.07) is 12.1. The van der Waals surface area contributed by atoms with Crippen LogP contribution in [0.3, 0.4) is 0 Å². The molecule has 2 aromatic heterocycles. The molecule has 2 heterocycles. The van der Waals surface area contributed by atoms with E-state index in [-0.39, 0.29) is 5.84 Å². The topological polar surface area (TPSA) is 78.5 Å². The first-order chi connectivity index (χ1) is 9.65. The van der Waals surface area contributed by atoms with Crippen LogP contribution in [0.1, 0.15) is 11.1 Å². The molecular weight excluding hydrogens is 268 g/mol. The molecule has 3 rings (SSSR count). The van der Waals surface area contributed by atoms with Gasteiger partial charge < -0.3 is 10.7 Å². The van der Waals surface area contributed by atoms with Crippen molar-refractivity contribution in [2.75, 3.05) is 0 Å². The van der Waals surface area contributed by atoms with Crippen LogP contribution in [-0.2, 0) is 0 Å². The van der Waals surface area contributed by atoms with E-state index < -0.39 is 0 Å². The number of hydrogen-bond donors (Lipinski definition) is 3. The lowest BCUT2D eigenvalue weighted by molar-refractivity contribution is 1.08. The van der Waals surface area contributed by atoms with Gasteiger partial charge in [0.2, 0.25) is 0 Å². The summed E-state index contributed by atoms with van der Waals surface area (Å²) in [6.45, 7) is 1.94. The molecule has 0 aliphatic carbocycles. The van der Waals surface area contributed by atoms with Crippen molar-refractivity contribution >= 4 is 28.5 Å². The minimum Gasteiger partial charge on any atom is -0.384 e. The van der Waals surface area contributed by atoms with Crippen molar-refractivity contribution < 1.29 is 0 Å². The largest absolute Gasteiger partial charge is 0.384 e. The lowest BCUT2D eigenvalue weighted by Crippen LogP contribution is -2.14. The number of aromatic nitrogens is 2. The summed E-state index contributed by atoms with van der Waals surface area (Å²) in [4.78, 5) is 7.69. The number of benzene rings is 1. The van der Waals surface area contributed by atoms with Crippen molar-refractivity contribution in [1.82, 2.24) is 9.97 Å². The Morgan fingerprint density at radius 3 is 2.85 bits per heavy atom. The third-order valence-corrected chi connectivity index (χ3v) is 4.05. The van der Waals surface area contributed by atoms with Gasteiger partial charge in [0, 0.05) is 17.1 Å². The number of para-hydroxylation sites is 1. The predicted molar refractivity (Wildman–Crippen MR) is 82.4 cm³/mol. The summed E-state index contributed by atoms with van der Waals surface area (Å²) in [5.41, 5.74) is 8.42. The van der Waals surface area contributed by atoms with E-state index in [0.717, 1.165) is 26.5 Å². The summed E-state index contributed by atoms with van der Waals surface area (Å²) in [5.74, 6) is 0.0502. The predicted octanol–water partition coefficient (Wildman–Crippen LogP) is 3.31. The standard InChI is InChI=1S/C15H14N4S/c1-9-6-7-18-15(13(9)14(16)17)20-12-8-10-4-2-3-5-11(10)19-12/h2-8,19H,1H3,(H3,16,17). The number of nitrogens with one attached hydrogen (secondary N) is 2. The van der Waals surface area contributed by atoms with E-state index in [4.69, 9.17) is 11.1 Å². The van der Waals surface area contributed by atoms with E-state index >= 15 is 0 Å². The number of fused-ring (bicyclic) bond motifs is 1. The summed E-state index contributed by atoms with van der Waals surface area (Å²) in [5, 5.41) is 10.6. The number of nitrogens with zero attached hydrogens (tertiary/aromatic N) is 1. The summed E-state index contributed by atoms with van der Waals surface area (Å²) in [6.07, 6.45) is 1.74. The molecule has 4 N–H and O–H groups in total. The second-order valence-corrected chi connectivity index (χ2v) is 5.58. The fourth-order valence-corrected chi connectivity index (χ4v) is 3.19. The molecule has 1 aromatic carbocycles. The first kappa shape index (κ1) is 12.7. The van der Waals surface area contributed by atoms with Crippen LogP contribution in [0.25, 0.3) is 10.9 Å². The Morgan fingerprint density at radius 1 is 1.30 bits per heavy atom. The van der Waals surface area contributed by atoms with Crippen molar-refractivity contribution in [1.29, 1.82) is 5.41 Å². The van der Waals surface area contributed by atoms with Gasteiger partial charge in [-0.15, -0.1) is 0 Å². The Bertz CT molecular complexity index is 758. The maximum Gasteiger partial charge on any atom is 0.125 e. The highest BCUT2D eigenvalue weighted by Crippen LogP contribution is 2.31. The van der Waals surface area contributed by atoms with Gasteiger partial charge in [-0.2, -0.15) is 0 Å². The van der Waals surface area contributed by atoms with Crippen LogP contribution >= 0.6 is 11.8 Å². The smallest absolute Gasteiger partial charge is 0.125 e. The van der Waals surface area contributed by atoms with Gasteiger partial charge in [0.15, 0.2) is 0 Å². The van der Waals surface area contributed by atoms with Crippen LogP contribution in [0.5, 0.6) is 0 Å². The highest BCUT2D eigenvalue weighted by atomic mass is 32.2. The van der Waals surface area contributed by atoms with E-state index in [2.05, 4.69) is 22.1 Å². The number of pyridine rings is 1. The van der Waals surface area contributed by atoms with Gasteiger partial charge in [-0.05, 0) is 30.7 Å². The number of nitrogen functional groups attached to an aromatic ring is 1. The number of amidine groups is 1. The Kier molecular flexibility index (Phi) is 3.20. The fourth-order valence-electron chi connectivity index (χ4n) is 2.14. The molecule has 3 aromatic rings. The lowest BCUT2D eigenvalue weighted by Gasteiger charge is -2.08. The maximum absolute atomic E-state index is 7.70. The van der Waals surface area contributed by atoms with Gasteiger partial charge in [0.1, 0.15) is 10.9 Å². The average molecular weight is 282 g/mol. The van der Waals surface area contributed by atoms with Crippen molar-refractivity contribution in [3.63, 3.8) is 0 Å². The highest BCUT2D eigenvalue weighted by molar-refractivity contribution is 7.99. The normalized spacial score (nSPS) is 10.8. The second-order valence-electron chi connectivity index (χ2n) is 4.54. The molecule has 100 valence electrons. The van der Waals surface area contributed by atoms with Crippen LogP contribution in [0.4, 0.5) is 0 Å². The zero-order valence-corrected chi connectivity index (χ0v) is 11.8. The van der Waals surface area contributed by atoms with Gasteiger partial charge in [0.05, 0.1) is 10.6 Å². The number of hydrogen-bond acceptors (Lipinski definition) is 3. The van der Waals surface area contributed by atoms with Crippen LogP contribution in [0.2, 0.25) is 0 Å². The maximum atomic E-state index is 7.70. The molecule has 0 aliphatic rings. The van der Waals surface area contributed by atoms with Crippen molar-refractivity contribution in [3.05, 3.63) is 53.7 Å². The Balaban J connectivity index is 2.02. The van der Waals surface area contributed by atoms with E-state index in [1.165, 1.54) is 11.8 Å². The Hall–Kier alpha value is -2.27. The summed E-state index contributed by atoms with van der Waals surface area (Å²) < 4.78 is 0. The molecule has 0 saturated carbocycles. The van der Waals surface area contributed by atoms with Gasteiger partial charge in [-0.1, -0.05) is 30.0 Å². The zero-order chi connectivity index (χ0) is 14.1. The molecule has 5 heteroatoms. The number of rotatable bonds is 3. The molecule has 0 spiro atoms. The second kappa shape index (κ2) is 5.02. The van der Waals surface area contributed by atoms with Crippen molar-refractivity contribution in [2.24, 2.45) is 5.73 Å². The van der Waals surface area contributed by atoms with E-state index in [0.29, 0.717) is 5.56 Å². The van der Waals surface area contributed by atoms with Crippen LogP contribution in [0.15, 0.2) is 52.6 Å². The minimum absolute atomic E-state index is 0.0502. The zero-order valence-electron chi connectivity index (χ0n) is 11.0. The molecular formula is C15H14N4S. The first-order valence-electron chi connectivity index (χ1n) is 6.21. The van der Waals surface area contributed by atoms with Crippen molar-refractivity contribution in [3.8, 4) is 0 Å². The average Bonchev–Trinajstić information content (AvgIpc) is 2.80. The molecule has 0 fully saturated rings. The molecule has 0 unspecified atom stereocenters. The van der Waals surface area contributed by atoms with Gasteiger partial charge >= 0.3 is 0 Å². The van der Waals surface area contributed by atoms with Crippen LogP contribution < -0.4 is 5.73 Å². The lowest BCUT2D eigenvalue weighted by atomic mass is 10.1. The number of nitrogens with two attached hydrogens (primary N) is 1. The van der Waals surface area contributed by atoms with E-state index in [1.54, 1.807) is 6.20 Å². The summed E-state index contributed by atoms with van der Waals surface area (Å²) in [7, 11) is 0. The SMILES string of the molecule is Cc1ccnc(Sc2cc3ccccc3[nH]2)c1C(=N)N. The molecule has 0 saturated heterocycles. The van der Waals surface area contributed by atoms with E-state index in [1.807, 2.05) is 31.2 Å². The quantitative estimate of drug-likeness (QED) is 0.509. The van der Waals surface area contributed by atoms with E-state index in [9.17, 15) is 0 Å². The number of aromatic amines is 1. The molecule has 0 aliphatic heterocycles. The highest BCUT2D eigenvalue weighted by Gasteiger charge is 2.12. The number of aryl methyl sites for hydroxylation is 1. The van der Waals surface area contributed by atoms with Crippen molar-refractivity contribution in [2.45, 2.75) is 17.0 Å². The monoisotopic (exact) mass is 282 g/mol. The van der Waals surface area contributed by atoms with Gasteiger partial charge in [0.25, 0.3) is 0 Å².